The Balaban J connectivity index is 2.58. The second-order valence-electron chi connectivity index (χ2n) is 3.56. The monoisotopic (exact) mass is 207 g/mol. The summed E-state index contributed by atoms with van der Waals surface area (Å²) < 4.78 is 0. The summed E-state index contributed by atoms with van der Waals surface area (Å²) in [6.07, 6.45) is 0. The maximum Gasteiger partial charge on any atom is 0.252 e. The van der Waals surface area contributed by atoms with Gasteiger partial charge in [0.2, 0.25) is 0 Å². The lowest BCUT2D eigenvalue weighted by Crippen LogP contribution is -2.23. The van der Waals surface area contributed by atoms with Crippen LogP contribution in [0, 0.1) is 13.8 Å². The van der Waals surface area contributed by atoms with E-state index in [1.807, 2.05) is 13.0 Å². The molecule has 0 bridgehead atoms. The van der Waals surface area contributed by atoms with Gasteiger partial charge in [0, 0.05) is 17.2 Å². The molecule has 0 spiro atoms. The number of aryl methyl sites for hydroxylation is 2. The molecule has 0 aromatic heterocycles. The van der Waals surface area contributed by atoms with Crippen LogP contribution in [0.4, 0.5) is 0 Å². The number of benzene rings is 1. The number of amides is 1. The second kappa shape index (κ2) is 3.65. The number of rotatable bonds is 0. The fourth-order valence-electron chi connectivity index (χ4n) is 1.73. The molecule has 0 radical (unpaired) electrons. The second-order valence-corrected chi connectivity index (χ2v) is 4.67. The summed E-state index contributed by atoms with van der Waals surface area (Å²) in [6.45, 7) is 4.85. The van der Waals surface area contributed by atoms with E-state index < -0.39 is 0 Å². The highest BCUT2D eigenvalue weighted by atomic mass is 32.2. The van der Waals surface area contributed by atoms with Gasteiger partial charge in [0.25, 0.3) is 5.91 Å². The van der Waals surface area contributed by atoms with Crippen molar-refractivity contribution in [3.05, 3.63) is 28.8 Å². The third-order valence-corrected chi connectivity index (χ3v) is 3.54. The highest BCUT2D eigenvalue weighted by molar-refractivity contribution is 7.99. The van der Waals surface area contributed by atoms with Crippen LogP contribution in [0.15, 0.2) is 17.0 Å². The molecule has 1 aromatic carbocycles. The van der Waals surface area contributed by atoms with E-state index in [2.05, 4.69) is 18.3 Å². The van der Waals surface area contributed by atoms with Crippen LogP contribution in [0.3, 0.4) is 0 Å². The summed E-state index contributed by atoms with van der Waals surface area (Å²) in [4.78, 5) is 12.8. The average molecular weight is 207 g/mol. The van der Waals surface area contributed by atoms with Crippen LogP contribution in [0.5, 0.6) is 0 Å². The molecular weight excluding hydrogens is 194 g/mol. The zero-order valence-electron chi connectivity index (χ0n) is 8.39. The van der Waals surface area contributed by atoms with Crippen LogP contribution >= 0.6 is 11.8 Å². The van der Waals surface area contributed by atoms with Crippen molar-refractivity contribution < 1.29 is 4.79 Å². The fourth-order valence-corrected chi connectivity index (χ4v) is 2.73. The molecular formula is C11H13NOS. The van der Waals surface area contributed by atoms with Crippen molar-refractivity contribution in [2.24, 2.45) is 0 Å². The summed E-state index contributed by atoms with van der Waals surface area (Å²) in [5.74, 6) is 1.03. The molecule has 0 aliphatic carbocycles. The average Bonchev–Trinajstić information content (AvgIpc) is 2.29. The lowest BCUT2D eigenvalue weighted by Gasteiger charge is -2.08. The first-order chi connectivity index (χ1) is 6.68. The van der Waals surface area contributed by atoms with E-state index in [-0.39, 0.29) is 5.91 Å². The lowest BCUT2D eigenvalue weighted by molar-refractivity contribution is 0.0954. The number of thioether (sulfide) groups is 1. The smallest absolute Gasteiger partial charge is 0.252 e. The Morgan fingerprint density at radius 3 is 2.93 bits per heavy atom. The summed E-state index contributed by atoms with van der Waals surface area (Å²) in [6, 6.07) is 4.10. The van der Waals surface area contributed by atoms with Crippen LogP contribution in [-0.2, 0) is 0 Å². The molecule has 14 heavy (non-hydrogen) atoms. The first-order valence-corrected chi connectivity index (χ1v) is 5.69. The highest BCUT2D eigenvalue weighted by Gasteiger charge is 2.17. The maximum absolute atomic E-state index is 11.7. The minimum atomic E-state index is 0.0665. The SMILES string of the molecule is Cc1cc(C)c2c(c1)C(=O)NCCS2. The van der Waals surface area contributed by atoms with Crippen molar-refractivity contribution in [3.8, 4) is 0 Å². The Morgan fingerprint density at radius 1 is 1.36 bits per heavy atom. The van der Waals surface area contributed by atoms with Crippen LogP contribution < -0.4 is 5.32 Å². The quantitative estimate of drug-likeness (QED) is 0.706. The first-order valence-electron chi connectivity index (χ1n) is 4.71. The molecule has 1 aliphatic rings. The minimum Gasteiger partial charge on any atom is -0.351 e. The molecule has 0 saturated carbocycles. The zero-order valence-corrected chi connectivity index (χ0v) is 9.20. The standard InChI is InChI=1S/C11H13NOS/c1-7-5-8(2)10-9(6-7)11(13)12-3-4-14-10/h5-6H,3-4H2,1-2H3,(H,12,13). The van der Waals surface area contributed by atoms with E-state index in [1.54, 1.807) is 11.8 Å². The van der Waals surface area contributed by atoms with Crippen molar-refractivity contribution in [1.82, 2.24) is 5.32 Å². The Labute approximate surface area is 88.1 Å². The molecule has 2 nitrogen and oxygen atoms in total. The number of carbonyl (C=O) groups is 1. The van der Waals surface area contributed by atoms with Gasteiger partial charge in [-0.2, -0.15) is 0 Å². The normalized spacial score (nSPS) is 15.7. The topological polar surface area (TPSA) is 29.1 Å². The molecule has 3 heteroatoms. The Kier molecular flexibility index (Phi) is 2.50. The number of carbonyl (C=O) groups excluding carboxylic acids is 1. The molecule has 1 amide bonds. The predicted molar refractivity (Wildman–Crippen MR) is 59.0 cm³/mol. The number of nitrogens with one attached hydrogen (secondary N) is 1. The summed E-state index contributed by atoms with van der Waals surface area (Å²) in [7, 11) is 0. The molecule has 0 fully saturated rings. The molecule has 1 N–H and O–H groups in total. The van der Waals surface area contributed by atoms with Crippen molar-refractivity contribution in [3.63, 3.8) is 0 Å². The van der Waals surface area contributed by atoms with Gasteiger partial charge >= 0.3 is 0 Å². The molecule has 0 atom stereocenters. The Morgan fingerprint density at radius 2 is 2.14 bits per heavy atom. The fraction of sp³-hybridized carbons (Fsp3) is 0.364. The number of hydrogen-bond donors (Lipinski definition) is 1. The van der Waals surface area contributed by atoms with Crippen LogP contribution in [0.1, 0.15) is 21.5 Å². The van der Waals surface area contributed by atoms with Gasteiger partial charge in [-0.15, -0.1) is 11.8 Å². The molecule has 1 heterocycles. The maximum atomic E-state index is 11.7. The summed E-state index contributed by atoms with van der Waals surface area (Å²) in [5, 5.41) is 2.90. The van der Waals surface area contributed by atoms with Crippen LogP contribution in [0.2, 0.25) is 0 Å². The van der Waals surface area contributed by atoms with Gasteiger partial charge in [0.1, 0.15) is 0 Å². The molecule has 0 saturated heterocycles. The number of fused-ring (bicyclic) bond motifs is 1. The molecule has 0 unspecified atom stereocenters. The molecule has 2 rings (SSSR count). The Hall–Kier alpha value is -0.960. The van der Waals surface area contributed by atoms with Crippen LogP contribution in [-0.4, -0.2) is 18.2 Å². The number of hydrogen-bond acceptors (Lipinski definition) is 2. The van der Waals surface area contributed by atoms with E-state index in [0.717, 1.165) is 28.3 Å². The van der Waals surface area contributed by atoms with Gasteiger partial charge in [-0.25, -0.2) is 0 Å². The third kappa shape index (κ3) is 1.64. The Bertz CT molecular complexity index is 387. The summed E-state index contributed by atoms with van der Waals surface area (Å²) >= 11 is 1.77. The molecule has 74 valence electrons. The highest BCUT2D eigenvalue weighted by Crippen LogP contribution is 2.29. The van der Waals surface area contributed by atoms with Crippen molar-refractivity contribution in [2.45, 2.75) is 18.7 Å². The van der Waals surface area contributed by atoms with Gasteiger partial charge in [-0.3, -0.25) is 4.79 Å². The largest absolute Gasteiger partial charge is 0.351 e. The van der Waals surface area contributed by atoms with E-state index in [4.69, 9.17) is 0 Å². The molecule has 1 aromatic rings. The predicted octanol–water partition coefficient (Wildman–Crippen LogP) is 2.14. The van der Waals surface area contributed by atoms with Gasteiger partial charge in [-0.05, 0) is 31.0 Å². The third-order valence-electron chi connectivity index (χ3n) is 2.30. The van der Waals surface area contributed by atoms with E-state index >= 15 is 0 Å². The van der Waals surface area contributed by atoms with Gasteiger partial charge < -0.3 is 5.32 Å². The van der Waals surface area contributed by atoms with Crippen molar-refractivity contribution >= 4 is 17.7 Å². The van der Waals surface area contributed by atoms with E-state index in [1.165, 1.54) is 5.56 Å². The first kappa shape index (κ1) is 9.59. The zero-order chi connectivity index (χ0) is 10.1. The summed E-state index contributed by atoms with van der Waals surface area (Å²) in [5.41, 5.74) is 3.20. The van der Waals surface area contributed by atoms with Crippen molar-refractivity contribution in [1.29, 1.82) is 0 Å². The minimum absolute atomic E-state index is 0.0665. The van der Waals surface area contributed by atoms with E-state index in [0.29, 0.717) is 0 Å². The lowest BCUT2D eigenvalue weighted by atomic mass is 10.1. The van der Waals surface area contributed by atoms with Gasteiger partial charge in [-0.1, -0.05) is 6.07 Å². The van der Waals surface area contributed by atoms with Gasteiger partial charge in [0.05, 0.1) is 5.56 Å². The van der Waals surface area contributed by atoms with Gasteiger partial charge in [0.15, 0.2) is 0 Å². The van der Waals surface area contributed by atoms with Crippen molar-refractivity contribution in [2.75, 3.05) is 12.3 Å². The van der Waals surface area contributed by atoms with Crippen LogP contribution in [0.25, 0.3) is 0 Å². The molecule has 1 aliphatic heterocycles. The van der Waals surface area contributed by atoms with E-state index in [9.17, 15) is 4.79 Å².